The van der Waals surface area contributed by atoms with E-state index in [0.29, 0.717) is 4.43 Å². The topological polar surface area (TPSA) is 52.0 Å². The highest BCUT2D eigenvalue weighted by molar-refractivity contribution is 14.1. The summed E-state index contributed by atoms with van der Waals surface area (Å²) < 4.78 is 26.2. The lowest BCUT2D eigenvalue weighted by Crippen LogP contribution is -2.10. The Bertz CT molecular complexity index is 617. The normalized spacial score (nSPS) is 11.6. The van der Waals surface area contributed by atoms with Gasteiger partial charge in [-0.15, -0.1) is 0 Å². The Morgan fingerprint density at radius 1 is 1.29 bits per heavy atom. The summed E-state index contributed by atoms with van der Waals surface area (Å²) in [6.45, 7) is 1.92. The highest BCUT2D eigenvalue weighted by Gasteiger charge is 2.16. The second kappa shape index (κ2) is 4.77. The van der Waals surface area contributed by atoms with Gasteiger partial charge in [0.15, 0.2) is 0 Å². The molecule has 2 rings (SSSR count). The first-order valence-corrected chi connectivity index (χ1v) is 7.91. The Kier molecular flexibility index (Phi) is 3.53. The van der Waals surface area contributed by atoms with Crippen molar-refractivity contribution in [2.24, 2.45) is 0 Å². The highest BCUT2D eigenvalue weighted by Crippen LogP contribution is 2.15. The van der Waals surface area contributed by atoms with Crippen molar-refractivity contribution in [2.45, 2.75) is 16.2 Å². The van der Waals surface area contributed by atoms with E-state index < -0.39 is 10.0 Å². The summed E-state index contributed by atoms with van der Waals surface area (Å²) in [6, 6.07) is 6.77. The van der Waals surface area contributed by atoms with Crippen molar-refractivity contribution in [3.63, 3.8) is 0 Å². The fourth-order valence-electron chi connectivity index (χ4n) is 1.38. The summed E-state index contributed by atoms with van der Waals surface area (Å²) in [5.41, 5.74) is 1.78. The third kappa shape index (κ3) is 2.52. The molecular weight excluding hydrogens is 351 g/mol. The molecule has 1 heterocycles. The van der Waals surface area contributed by atoms with E-state index in [9.17, 15) is 8.42 Å². The van der Waals surface area contributed by atoms with Crippen molar-refractivity contribution in [3.8, 4) is 0 Å². The molecule has 0 aliphatic rings. The Balaban J connectivity index is 2.46. The first-order valence-electron chi connectivity index (χ1n) is 4.95. The Labute approximate surface area is 114 Å². The van der Waals surface area contributed by atoms with Crippen LogP contribution in [-0.4, -0.2) is 17.4 Å². The minimum absolute atomic E-state index is 0.278. The van der Waals surface area contributed by atoms with Crippen molar-refractivity contribution < 1.29 is 8.42 Å². The van der Waals surface area contributed by atoms with Crippen molar-refractivity contribution in [1.82, 2.24) is 8.96 Å². The molecule has 2 aromatic rings. The molecule has 0 N–H and O–H groups in total. The predicted octanol–water partition coefficient (Wildman–Crippen LogP) is 2.36. The number of alkyl halides is 1. The second-order valence-electron chi connectivity index (χ2n) is 3.65. The molecule has 0 aliphatic heterocycles. The summed E-state index contributed by atoms with van der Waals surface area (Å²) >= 11 is 2.14. The van der Waals surface area contributed by atoms with Gasteiger partial charge in [0.25, 0.3) is 10.0 Å². The zero-order valence-corrected chi connectivity index (χ0v) is 12.1. The number of aryl methyl sites for hydroxylation is 1. The molecule has 90 valence electrons. The number of nitrogens with zero attached hydrogens (tertiary/aromatic N) is 2. The lowest BCUT2D eigenvalue weighted by molar-refractivity contribution is 0.587. The van der Waals surface area contributed by atoms with Gasteiger partial charge in [-0.25, -0.2) is 17.4 Å². The molecule has 1 aromatic carbocycles. The Morgan fingerprint density at radius 2 is 1.94 bits per heavy atom. The van der Waals surface area contributed by atoms with Gasteiger partial charge >= 0.3 is 0 Å². The third-order valence-corrected chi connectivity index (χ3v) is 4.75. The van der Waals surface area contributed by atoms with E-state index in [-0.39, 0.29) is 4.90 Å². The van der Waals surface area contributed by atoms with E-state index in [1.807, 2.05) is 6.92 Å². The van der Waals surface area contributed by atoms with Gasteiger partial charge in [-0.3, -0.25) is 0 Å². The number of hydrogen-bond donors (Lipinski definition) is 0. The highest BCUT2D eigenvalue weighted by atomic mass is 127. The zero-order valence-electron chi connectivity index (χ0n) is 9.17. The van der Waals surface area contributed by atoms with E-state index in [1.54, 1.807) is 30.5 Å². The Morgan fingerprint density at radius 3 is 2.47 bits per heavy atom. The standard InChI is InChI=1S/C11H11IN2O2S/c1-9-2-4-11(5-3-9)17(15,16)14-7-10(6-12)13-8-14/h2-5,7-8H,6H2,1H3. The molecule has 17 heavy (non-hydrogen) atoms. The van der Waals surface area contributed by atoms with Crippen molar-refractivity contribution in [2.75, 3.05) is 0 Å². The zero-order chi connectivity index (χ0) is 12.5. The van der Waals surface area contributed by atoms with Gasteiger partial charge in [0.2, 0.25) is 0 Å². The molecule has 0 saturated heterocycles. The van der Waals surface area contributed by atoms with Crippen molar-refractivity contribution >= 4 is 32.6 Å². The lowest BCUT2D eigenvalue weighted by Gasteiger charge is -2.04. The number of imidazole rings is 1. The number of hydrogen-bond acceptors (Lipinski definition) is 3. The van der Waals surface area contributed by atoms with Gasteiger partial charge in [-0.05, 0) is 19.1 Å². The second-order valence-corrected chi connectivity index (χ2v) is 6.25. The minimum atomic E-state index is -3.49. The summed E-state index contributed by atoms with van der Waals surface area (Å²) in [7, 11) is -3.49. The van der Waals surface area contributed by atoms with Gasteiger partial charge in [-0.1, -0.05) is 40.3 Å². The average Bonchev–Trinajstić information content (AvgIpc) is 2.78. The molecule has 0 atom stereocenters. The number of rotatable bonds is 3. The van der Waals surface area contributed by atoms with E-state index in [4.69, 9.17) is 0 Å². The summed E-state index contributed by atoms with van der Waals surface area (Å²) in [6.07, 6.45) is 2.88. The molecule has 4 nitrogen and oxygen atoms in total. The Hall–Kier alpha value is -0.890. The molecular formula is C11H11IN2O2S. The maximum Gasteiger partial charge on any atom is 0.268 e. The van der Waals surface area contributed by atoms with Gasteiger partial charge < -0.3 is 0 Å². The third-order valence-electron chi connectivity index (χ3n) is 2.35. The number of halogens is 1. The average molecular weight is 362 g/mol. The molecule has 1 aromatic heterocycles. The van der Waals surface area contributed by atoms with Gasteiger partial charge in [0.05, 0.1) is 10.6 Å². The van der Waals surface area contributed by atoms with Gasteiger partial charge in [0, 0.05) is 10.6 Å². The molecule has 6 heteroatoms. The first kappa shape index (κ1) is 12.6. The first-order chi connectivity index (χ1) is 8.04. The van der Waals surface area contributed by atoms with Crippen LogP contribution in [0.5, 0.6) is 0 Å². The quantitative estimate of drug-likeness (QED) is 0.622. The fourth-order valence-corrected chi connectivity index (χ4v) is 2.93. The molecule has 0 unspecified atom stereocenters. The van der Waals surface area contributed by atoms with Crippen LogP contribution < -0.4 is 0 Å². The minimum Gasteiger partial charge on any atom is -0.240 e. The van der Waals surface area contributed by atoms with Crippen molar-refractivity contribution in [3.05, 3.63) is 48.0 Å². The van der Waals surface area contributed by atoms with Crippen LogP contribution in [0.1, 0.15) is 11.3 Å². The van der Waals surface area contributed by atoms with E-state index in [1.165, 1.54) is 6.33 Å². The van der Waals surface area contributed by atoms with E-state index in [2.05, 4.69) is 27.6 Å². The maximum atomic E-state index is 12.2. The van der Waals surface area contributed by atoms with Crippen LogP contribution in [0.2, 0.25) is 0 Å². The molecule has 0 saturated carbocycles. The van der Waals surface area contributed by atoms with Crippen LogP contribution in [0, 0.1) is 6.92 Å². The molecule has 0 aliphatic carbocycles. The van der Waals surface area contributed by atoms with E-state index >= 15 is 0 Å². The lowest BCUT2D eigenvalue weighted by atomic mass is 10.2. The molecule has 0 bridgehead atoms. The summed E-state index contributed by atoms with van der Waals surface area (Å²) in [4.78, 5) is 4.30. The molecule has 0 radical (unpaired) electrons. The van der Waals surface area contributed by atoms with Gasteiger partial charge in [0.1, 0.15) is 6.33 Å². The fraction of sp³-hybridized carbons (Fsp3) is 0.182. The van der Waals surface area contributed by atoms with Crippen LogP contribution in [0.15, 0.2) is 41.7 Å². The largest absolute Gasteiger partial charge is 0.268 e. The SMILES string of the molecule is Cc1ccc(S(=O)(=O)n2cnc(CI)c2)cc1. The molecule has 0 spiro atoms. The smallest absolute Gasteiger partial charge is 0.240 e. The predicted molar refractivity (Wildman–Crippen MR) is 73.7 cm³/mol. The number of aromatic nitrogens is 2. The summed E-state index contributed by atoms with van der Waals surface area (Å²) in [5, 5.41) is 0. The summed E-state index contributed by atoms with van der Waals surface area (Å²) in [5.74, 6) is 0. The number of benzene rings is 1. The molecule has 0 fully saturated rings. The van der Waals surface area contributed by atoms with Crippen LogP contribution >= 0.6 is 22.6 Å². The maximum absolute atomic E-state index is 12.2. The molecule has 0 amide bonds. The van der Waals surface area contributed by atoms with E-state index in [0.717, 1.165) is 15.2 Å². The van der Waals surface area contributed by atoms with Crippen LogP contribution in [0.4, 0.5) is 0 Å². The van der Waals surface area contributed by atoms with Crippen molar-refractivity contribution in [1.29, 1.82) is 0 Å². The van der Waals surface area contributed by atoms with Gasteiger partial charge in [-0.2, -0.15) is 0 Å². The van der Waals surface area contributed by atoms with Crippen LogP contribution in [0.25, 0.3) is 0 Å². The van der Waals surface area contributed by atoms with Crippen LogP contribution in [0.3, 0.4) is 0 Å². The monoisotopic (exact) mass is 362 g/mol. The van der Waals surface area contributed by atoms with Crippen LogP contribution in [-0.2, 0) is 14.5 Å².